The maximum Gasteiger partial charge on any atom is 0.162 e. The number of halogens is 1. The third-order valence-corrected chi connectivity index (χ3v) is 0.943. The molecule has 0 heterocycles. The summed E-state index contributed by atoms with van der Waals surface area (Å²) in [6.45, 7) is 5.44. The molecule has 0 aliphatic rings. The second-order valence-electron chi connectivity index (χ2n) is 1.56. The molecule has 2 heteroatoms. The van der Waals surface area contributed by atoms with Crippen molar-refractivity contribution < 1.29 is 4.74 Å². The second kappa shape index (κ2) is 6.43. The van der Waals surface area contributed by atoms with Crippen molar-refractivity contribution in [2.75, 3.05) is 6.07 Å². The van der Waals surface area contributed by atoms with E-state index in [-0.39, 0.29) is 6.07 Å². The normalized spacial score (nSPS) is 12.0. The van der Waals surface area contributed by atoms with Gasteiger partial charge >= 0.3 is 0 Å². The Kier molecular flexibility index (Phi) is 5.99. The number of hydrogen-bond donors (Lipinski definition) is 0. The Morgan fingerprint density at radius 3 is 2.80 bits per heavy atom. The molecule has 0 unspecified atom stereocenters. The van der Waals surface area contributed by atoms with E-state index in [9.17, 15) is 0 Å². The molecule has 0 aromatic carbocycles. The van der Waals surface area contributed by atoms with Crippen molar-refractivity contribution in [2.24, 2.45) is 0 Å². The van der Waals surface area contributed by atoms with Crippen molar-refractivity contribution in [3.8, 4) is 0 Å². The van der Waals surface area contributed by atoms with E-state index < -0.39 is 0 Å². The maximum absolute atomic E-state index is 5.34. The Balaban J connectivity index is 3.96. The highest BCUT2D eigenvalue weighted by Crippen LogP contribution is 2.00. The molecule has 1 nitrogen and oxygen atoms in total. The van der Waals surface area contributed by atoms with E-state index in [1.807, 2.05) is 19.1 Å². The van der Waals surface area contributed by atoms with Crippen LogP contribution in [0.4, 0.5) is 0 Å². The Morgan fingerprint density at radius 1 is 1.70 bits per heavy atom. The monoisotopic (exact) mass is 158 g/mol. The zero-order valence-electron chi connectivity index (χ0n) is 6.01. The van der Waals surface area contributed by atoms with E-state index in [4.69, 9.17) is 16.3 Å². The van der Waals surface area contributed by atoms with E-state index in [2.05, 4.69) is 6.58 Å². The largest absolute Gasteiger partial charge is 0.478 e. The number of allylic oxidation sites excluding steroid dienone is 4. The van der Waals surface area contributed by atoms with Gasteiger partial charge in [0.2, 0.25) is 0 Å². The van der Waals surface area contributed by atoms with Crippen LogP contribution in [-0.4, -0.2) is 6.07 Å². The molecule has 0 fully saturated rings. The lowest BCUT2D eigenvalue weighted by Crippen LogP contribution is -1.84. The van der Waals surface area contributed by atoms with Crippen molar-refractivity contribution >= 4 is 11.6 Å². The van der Waals surface area contributed by atoms with E-state index >= 15 is 0 Å². The van der Waals surface area contributed by atoms with Crippen LogP contribution < -0.4 is 0 Å². The molecule has 0 N–H and O–H groups in total. The minimum absolute atomic E-state index is 0.171. The Hall–Kier alpha value is -0.690. The van der Waals surface area contributed by atoms with Gasteiger partial charge in [-0.1, -0.05) is 30.3 Å². The Bertz CT molecular complexity index is 147. The van der Waals surface area contributed by atoms with Gasteiger partial charge in [-0.05, 0) is 19.1 Å². The summed E-state index contributed by atoms with van der Waals surface area (Å²) in [6, 6.07) is 0.171. The van der Waals surface area contributed by atoms with Crippen LogP contribution in [0.1, 0.15) is 6.92 Å². The first kappa shape index (κ1) is 9.31. The summed E-state index contributed by atoms with van der Waals surface area (Å²) < 4.78 is 4.99. The van der Waals surface area contributed by atoms with E-state index in [1.54, 1.807) is 12.2 Å². The number of rotatable bonds is 4. The molecule has 0 rings (SSSR count). The zero-order chi connectivity index (χ0) is 7.82. The quantitative estimate of drug-likeness (QED) is 0.347. The van der Waals surface area contributed by atoms with Crippen LogP contribution in [-0.2, 0) is 4.74 Å². The lowest BCUT2D eigenvalue weighted by atomic mass is 10.4. The highest BCUT2D eigenvalue weighted by Gasteiger charge is 1.86. The third-order valence-electron chi connectivity index (χ3n) is 0.834. The topological polar surface area (TPSA) is 9.23 Å². The van der Waals surface area contributed by atoms with Crippen LogP contribution in [0.2, 0.25) is 0 Å². The van der Waals surface area contributed by atoms with Gasteiger partial charge in [-0.3, -0.25) is 0 Å². The van der Waals surface area contributed by atoms with Crippen LogP contribution >= 0.6 is 11.6 Å². The third kappa shape index (κ3) is 4.21. The molecular weight excluding hydrogens is 148 g/mol. The van der Waals surface area contributed by atoms with Gasteiger partial charge in [0.25, 0.3) is 0 Å². The molecule has 0 aromatic heterocycles. The van der Waals surface area contributed by atoms with E-state index in [0.717, 1.165) is 5.76 Å². The van der Waals surface area contributed by atoms with Crippen molar-refractivity contribution in [2.45, 2.75) is 6.92 Å². The summed E-state index contributed by atoms with van der Waals surface area (Å²) in [5, 5.41) is 0. The van der Waals surface area contributed by atoms with Crippen molar-refractivity contribution in [1.29, 1.82) is 0 Å². The van der Waals surface area contributed by atoms with Crippen LogP contribution in [0.3, 0.4) is 0 Å². The highest BCUT2D eigenvalue weighted by molar-refractivity contribution is 6.17. The molecule has 0 spiro atoms. The highest BCUT2D eigenvalue weighted by atomic mass is 35.5. The first-order chi connectivity index (χ1) is 4.85. The summed E-state index contributed by atoms with van der Waals surface area (Å²) in [5.41, 5.74) is 0. The predicted molar refractivity (Wildman–Crippen MR) is 44.9 cm³/mol. The smallest absolute Gasteiger partial charge is 0.162 e. The summed E-state index contributed by atoms with van der Waals surface area (Å²) in [7, 11) is 0. The molecule has 0 aliphatic heterocycles. The molecule has 0 bridgehead atoms. The van der Waals surface area contributed by atoms with Crippen molar-refractivity contribution in [3.05, 3.63) is 36.6 Å². The van der Waals surface area contributed by atoms with Gasteiger partial charge < -0.3 is 4.74 Å². The fourth-order valence-electron chi connectivity index (χ4n) is 0.495. The fourth-order valence-corrected chi connectivity index (χ4v) is 0.621. The average Bonchev–Trinajstić information content (AvgIpc) is 1.90. The number of hydrogen-bond acceptors (Lipinski definition) is 1. The lowest BCUT2D eigenvalue weighted by Gasteiger charge is -1.99. The first-order valence-corrected chi connectivity index (χ1v) is 3.52. The van der Waals surface area contributed by atoms with Crippen LogP contribution in [0.5, 0.6) is 0 Å². The minimum Gasteiger partial charge on any atom is -0.478 e. The van der Waals surface area contributed by atoms with Gasteiger partial charge in [0.1, 0.15) is 5.76 Å². The van der Waals surface area contributed by atoms with Crippen LogP contribution in [0.15, 0.2) is 36.6 Å². The molecule has 0 amide bonds. The maximum atomic E-state index is 5.34. The Morgan fingerprint density at radius 2 is 2.40 bits per heavy atom. The molecule has 0 aromatic rings. The first-order valence-electron chi connectivity index (χ1n) is 2.99. The summed E-state index contributed by atoms with van der Waals surface area (Å²) in [6.07, 6.45) is 7.11. The van der Waals surface area contributed by atoms with Crippen molar-refractivity contribution in [3.63, 3.8) is 0 Å². The molecule has 0 aliphatic carbocycles. The molecule has 10 heavy (non-hydrogen) atoms. The number of ether oxygens (including phenoxy) is 1. The van der Waals surface area contributed by atoms with Gasteiger partial charge in [0.05, 0.1) is 0 Å². The summed E-state index contributed by atoms with van der Waals surface area (Å²) in [5.74, 6) is 0.729. The standard InChI is InChI=1S/C8H11ClO/c1-3-5-8(6-4-2)10-7-9/h3-6H,1,7H2,2H3/b6-4-,8-5+. The van der Waals surface area contributed by atoms with Gasteiger partial charge in [-0.25, -0.2) is 0 Å². The van der Waals surface area contributed by atoms with E-state index in [0.29, 0.717) is 0 Å². The second-order valence-corrected chi connectivity index (χ2v) is 1.78. The van der Waals surface area contributed by atoms with Gasteiger partial charge in [0.15, 0.2) is 6.07 Å². The van der Waals surface area contributed by atoms with Crippen LogP contribution in [0, 0.1) is 0 Å². The fraction of sp³-hybridized carbons (Fsp3) is 0.250. The van der Waals surface area contributed by atoms with Crippen molar-refractivity contribution in [1.82, 2.24) is 0 Å². The molecule has 56 valence electrons. The number of alkyl halides is 1. The summed E-state index contributed by atoms with van der Waals surface area (Å²) >= 11 is 5.34. The van der Waals surface area contributed by atoms with Crippen LogP contribution in [0.25, 0.3) is 0 Å². The Labute approximate surface area is 66.6 Å². The molecule has 0 radical (unpaired) electrons. The molecular formula is C8H11ClO. The predicted octanol–water partition coefficient (Wildman–Crippen LogP) is 2.85. The average molecular weight is 159 g/mol. The molecule has 0 atom stereocenters. The van der Waals surface area contributed by atoms with Gasteiger partial charge in [0, 0.05) is 0 Å². The zero-order valence-corrected chi connectivity index (χ0v) is 6.77. The minimum atomic E-state index is 0.171. The van der Waals surface area contributed by atoms with Gasteiger partial charge in [-0.2, -0.15) is 0 Å². The molecule has 0 saturated carbocycles. The van der Waals surface area contributed by atoms with Gasteiger partial charge in [-0.15, -0.1) is 0 Å². The lowest BCUT2D eigenvalue weighted by molar-refractivity contribution is 0.283. The SMILES string of the molecule is C=C/C=C(\C=C/C)OCCl. The summed E-state index contributed by atoms with van der Waals surface area (Å²) in [4.78, 5) is 0. The van der Waals surface area contributed by atoms with E-state index in [1.165, 1.54) is 0 Å². The molecule has 0 saturated heterocycles.